The molecule has 0 spiro atoms. The number of nitrogens with two attached hydrogens (primary N) is 1. The molecule has 0 saturated heterocycles. The molecule has 21 heavy (non-hydrogen) atoms. The monoisotopic (exact) mass is 324 g/mol. The maximum absolute atomic E-state index is 5.95. The van der Waals surface area contributed by atoms with Gasteiger partial charge in [0.1, 0.15) is 4.71 Å². The highest BCUT2D eigenvalue weighted by Gasteiger charge is 2.39. The van der Waals surface area contributed by atoms with E-state index in [1.165, 1.54) is 41.8 Å². The van der Waals surface area contributed by atoms with Crippen molar-refractivity contribution in [3.05, 3.63) is 24.3 Å². The number of hydrogen-bond acceptors (Lipinski definition) is 4. The lowest BCUT2D eigenvalue weighted by molar-refractivity contribution is 0.328. The quantitative estimate of drug-likeness (QED) is 0.726. The van der Waals surface area contributed by atoms with Crippen molar-refractivity contribution in [2.75, 3.05) is 4.90 Å². The molecule has 1 aliphatic heterocycles. The zero-order valence-electron chi connectivity index (χ0n) is 13.8. The zero-order chi connectivity index (χ0) is 15.7. The van der Waals surface area contributed by atoms with Gasteiger partial charge in [-0.05, 0) is 56.2 Å². The Bertz CT molecular complexity index is 480. The zero-order valence-corrected chi connectivity index (χ0v) is 15.5. The van der Waals surface area contributed by atoms with E-state index in [9.17, 15) is 0 Å². The summed E-state index contributed by atoms with van der Waals surface area (Å²) in [7, 11) is 0. The smallest absolute Gasteiger partial charge is 0.141 e. The first-order valence-electron chi connectivity index (χ1n) is 7.65. The van der Waals surface area contributed by atoms with Crippen molar-refractivity contribution in [3.8, 4) is 0 Å². The van der Waals surface area contributed by atoms with E-state index in [2.05, 4.69) is 63.8 Å². The third kappa shape index (κ3) is 4.11. The summed E-state index contributed by atoms with van der Waals surface area (Å²) in [6.45, 7) is 11.7. The van der Waals surface area contributed by atoms with Crippen molar-refractivity contribution < 1.29 is 0 Å². The summed E-state index contributed by atoms with van der Waals surface area (Å²) in [4.78, 5) is 3.87. The Morgan fingerprint density at radius 1 is 1.14 bits per heavy atom. The van der Waals surface area contributed by atoms with Crippen molar-refractivity contribution >= 4 is 29.4 Å². The highest BCUT2D eigenvalue weighted by atomic mass is 32.2. The van der Waals surface area contributed by atoms with E-state index in [0.29, 0.717) is 5.41 Å². The summed E-state index contributed by atoms with van der Waals surface area (Å²) < 4.78 is 0.284. The second-order valence-corrected chi connectivity index (χ2v) is 9.76. The minimum Gasteiger partial charge on any atom is -0.343 e. The van der Waals surface area contributed by atoms with Gasteiger partial charge in [-0.25, -0.2) is 0 Å². The summed E-state index contributed by atoms with van der Waals surface area (Å²) in [5.74, 6) is 0. The van der Waals surface area contributed by atoms with Crippen molar-refractivity contribution in [1.82, 2.24) is 0 Å². The highest BCUT2D eigenvalue weighted by molar-refractivity contribution is 8.16. The molecule has 0 bridgehead atoms. The normalized spacial score (nSPS) is 19.0. The van der Waals surface area contributed by atoms with Crippen molar-refractivity contribution in [2.24, 2.45) is 10.6 Å². The molecule has 2 nitrogen and oxygen atoms in total. The Morgan fingerprint density at radius 2 is 1.81 bits per heavy atom. The molecule has 0 saturated carbocycles. The first kappa shape index (κ1) is 17.0. The second-order valence-electron chi connectivity index (χ2n) is 7.63. The molecule has 1 aromatic rings. The van der Waals surface area contributed by atoms with Crippen LogP contribution in [0.15, 0.2) is 29.2 Å². The molecule has 1 unspecified atom stereocenters. The number of hydrogen-bond donors (Lipinski definition) is 1. The van der Waals surface area contributed by atoms with Gasteiger partial charge in [0, 0.05) is 10.4 Å². The Labute approximate surface area is 138 Å². The minimum absolute atomic E-state index is 0.127. The lowest BCUT2D eigenvalue weighted by Gasteiger charge is -2.41. The van der Waals surface area contributed by atoms with Crippen LogP contribution in [0.5, 0.6) is 0 Å². The molecular formula is C17H28N2S2. The van der Waals surface area contributed by atoms with E-state index >= 15 is 0 Å². The van der Waals surface area contributed by atoms with E-state index in [4.69, 9.17) is 5.14 Å². The van der Waals surface area contributed by atoms with E-state index in [-0.39, 0.29) is 10.2 Å². The molecule has 2 rings (SSSR count). The van der Waals surface area contributed by atoms with Gasteiger partial charge in [-0.2, -0.15) is 0 Å². The Balaban J connectivity index is 2.13. The second kappa shape index (κ2) is 6.43. The van der Waals surface area contributed by atoms with Crippen LogP contribution in [0.25, 0.3) is 0 Å². The van der Waals surface area contributed by atoms with Gasteiger partial charge in [-0.3, -0.25) is 5.14 Å². The SMILES string of the molecule is CC(C)(C)CCCC(C)(C)N1c2ccccc2SC1SN. The summed E-state index contributed by atoms with van der Waals surface area (Å²) in [5.41, 5.74) is 1.88. The van der Waals surface area contributed by atoms with E-state index in [1.54, 1.807) is 0 Å². The molecule has 2 N–H and O–H groups in total. The lowest BCUT2D eigenvalue weighted by atomic mass is 9.86. The largest absolute Gasteiger partial charge is 0.343 e. The summed E-state index contributed by atoms with van der Waals surface area (Å²) in [6, 6.07) is 8.67. The third-order valence-electron chi connectivity index (χ3n) is 4.05. The molecule has 0 amide bonds. The van der Waals surface area contributed by atoms with Gasteiger partial charge in [0.2, 0.25) is 0 Å². The van der Waals surface area contributed by atoms with Crippen LogP contribution in [0.1, 0.15) is 53.9 Å². The van der Waals surface area contributed by atoms with Crippen LogP contribution in [0.3, 0.4) is 0 Å². The van der Waals surface area contributed by atoms with Gasteiger partial charge >= 0.3 is 0 Å². The Hall–Kier alpha value is -0.320. The van der Waals surface area contributed by atoms with Gasteiger partial charge in [-0.1, -0.05) is 51.1 Å². The van der Waals surface area contributed by atoms with Crippen LogP contribution in [0, 0.1) is 5.41 Å². The first-order chi connectivity index (χ1) is 9.74. The summed E-state index contributed by atoms with van der Waals surface area (Å²) >= 11 is 3.33. The molecule has 1 atom stereocenters. The number of thioether (sulfide) groups is 1. The van der Waals surface area contributed by atoms with Crippen molar-refractivity contribution in [3.63, 3.8) is 0 Å². The number of benzene rings is 1. The molecule has 0 radical (unpaired) electrons. The molecule has 1 aromatic carbocycles. The molecule has 1 aliphatic rings. The maximum atomic E-state index is 5.95. The number of para-hydroxylation sites is 1. The van der Waals surface area contributed by atoms with Crippen LogP contribution in [0.2, 0.25) is 0 Å². The third-order valence-corrected chi connectivity index (χ3v) is 6.12. The molecule has 0 fully saturated rings. The Kier molecular flexibility index (Phi) is 5.22. The highest BCUT2D eigenvalue weighted by Crippen LogP contribution is 2.50. The fraction of sp³-hybridized carbons (Fsp3) is 0.647. The molecule has 0 aliphatic carbocycles. The molecule has 1 heterocycles. The van der Waals surface area contributed by atoms with E-state index in [1.807, 2.05) is 11.8 Å². The first-order valence-corrected chi connectivity index (χ1v) is 9.47. The fourth-order valence-electron chi connectivity index (χ4n) is 2.90. The number of rotatable bonds is 5. The fourth-order valence-corrected chi connectivity index (χ4v) is 5.12. The predicted molar refractivity (Wildman–Crippen MR) is 97.7 cm³/mol. The van der Waals surface area contributed by atoms with Crippen molar-refractivity contribution in [2.45, 2.75) is 69.0 Å². The van der Waals surface area contributed by atoms with Crippen LogP contribution >= 0.6 is 23.7 Å². The average Bonchev–Trinajstić information content (AvgIpc) is 2.75. The minimum atomic E-state index is 0.127. The molecule has 0 aromatic heterocycles. The van der Waals surface area contributed by atoms with Gasteiger partial charge in [-0.15, -0.1) is 0 Å². The lowest BCUT2D eigenvalue weighted by Crippen LogP contribution is -2.46. The molecular weight excluding hydrogens is 296 g/mol. The van der Waals surface area contributed by atoms with Gasteiger partial charge in [0.15, 0.2) is 0 Å². The average molecular weight is 325 g/mol. The van der Waals surface area contributed by atoms with Gasteiger partial charge < -0.3 is 4.90 Å². The topological polar surface area (TPSA) is 29.3 Å². The standard InChI is InChI=1S/C17H28N2S2/c1-16(2,3)11-8-12-17(4,5)19-13-9-6-7-10-14(13)20-15(19)21-18/h6-7,9-10,15H,8,11-12,18H2,1-5H3. The predicted octanol–water partition coefficient (Wildman–Crippen LogP) is 5.48. The van der Waals surface area contributed by atoms with Crippen molar-refractivity contribution in [1.29, 1.82) is 0 Å². The van der Waals surface area contributed by atoms with Gasteiger partial charge in [0.05, 0.1) is 5.69 Å². The molecule has 118 valence electrons. The van der Waals surface area contributed by atoms with Gasteiger partial charge in [0.25, 0.3) is 0 Å². The van der Waals surface area contributed by atoms with Crippen LogP contribution in [-0.4, -0.2) is 10.2 Å². The Morgan fingerprint density at radius 3 is 2.43 bits per heavy atom. The molecule has 4 heteroatoms. The number of nitrogens with zero attached hydrogens (tertiary/aromatic N) is 1. The van der Waals surface area contributed by atoms with Crippen LogP contribution < -0.4 is 10.0 Å². The maximum Gasteiger partial charge on any atom is 0.141 e. The number of fused-ring (bicyclic) bond motifs is 1. The van der Waals surface area contributed by atoms with Crippen LogP contribution in [-0.2, 0) is 0 Å². The van der Waals surface area contributed by atoms with Crippen LogP contribution in [0.4, 0.5) is 5.69 Å². The summed E-state index contributed by atoms with van der Waals surface area (Å²) in [6.07, 6.45) is 3.71. The van der Waals surface area contributed by atoms with E-state index in [0.717, 1.165) is 0 Å². The summed E-state index contributed by atoms with van der Waals surface area (Å²) in [5, 5.41) is 5.95. The number of anilines is 1. The van der Waals surface area contributed by atoms with E-state index < -0.39 is 0 Å².